The molecular weight excluding hydrogens is 279 g/mol. The summed E-state index contributed by atoms with van der Waals surface area (Å²) in [4.78, 5) is 0.118. The van der Waals surface area contributed by atoms with Gasteiger partial charge in [0.15, 0.2) is 0 Å². The standard InChI is InChI=1S/C14H19FN2O2S/c15-12-4-3-11(10-16-13-5-6-13)14(9-12)20(18,19)17-7-1-2-8-17/h3-4,9,13,16H,1-2,5-8,10H2. The summed E-state index contributed by atoms with van der Waals surface area (Å²) in [5.74, 6) is -0.502. The lowest BCUT2D eigenvalue weighted by Gasteiger charge is -2.18. The zero-order valence-electron chi connectivity index (χ0n) is 11.3. The van der Waals surface area contributed by atoms with Crippen LogP contribution in [0.1, 0.15) is 31.2 Å². The number of nitrogens with one attached hydrogen (secondary N) is 1. The molecule has 1 aromatic carbocycles. The molecule has 0 atom stereocenters. The number of hydrogen-bond acceptors (Lipinski definition) is 3. The zero-order chi connectivity index (χ0) is 14.2. The lowest BCUT2D eigenvalue weighted by atomic mass is 10.2. The smallest absolute Gasteiger partial charge is 0.243 e. The van der Waals surface area contributed by atoms with Crippen LogP contribution in [0, 0.1) is 5.82 Å². The molecule has 1 aromatic rings. The molecule has 1 aliphatic carbocycles. The molecule has 1 saturated carbocycles. The van der Waals surface area contributed by atoms with Gasteiger partial charge in [0.05, 0.1) is 4.90 Å². The molecule has 0 unspecified atom stereocenters. The van der Waals surface area contributed by atoms with Crippen LogP contribution in [0.4, 0.5) is 4.39 Å². The van der Waals surface area contributed by atoms with Gasteiger partial charge in [0.25, 0.3) is 0 Å². The monoisotopic (exact) mass is 298 g/mol. The average Bonchev–Trinajstić information content (AvgIpc) is 3.07. The van der Waals surface area contributed by atoms with E-state index in [9.17, 15) is 12.8 Å². The van der Waals surface area contributed by atoms with Crippen molar-refractivity contribution in [1.82, 2.24) is 9.62 Å². The lowest BCUT2D eigenvalue weighted by molar-refractivity contribution is 0.475. The van der Waals surface area contributed by atoms with Crippen LogP contribution < -0.4 is 5.32 Å². The number of halogens is 1. The van der Waals surface area contributed by atoms with E-state index in [-0.39, 0.29) is 4.90 Å². The van der Waals surface area contributed by atoms with E-state index < -0.39 is 15.8 Å². The minimum absolute atomic E-state index is 0.118. The van der Waals surface area contributed by atoms with E-state index in [0.29, 0.717) is 31.2 Å². The Bertz CT molecular complexity index is 593. The maximum absolute atomic E-state index is 13.5. The maximum atomic E-state index is 13.5. The molecule has 1 heterocycles. The fraction of sp³-hybridized carbons (Fsp3) is 0.571. The molecule has 2 fully saturated rings. The van der Waals surface area contributed by atoms with E-state index in [1.54, 1.807) is 6.07 Å². The van der Waals surface area contributed by atoms with Crippen LogP contribution in [-0.4, -0.2) is 31.9 Å². The van der Waals surface area contributed by atoms with Crippen molar-refractivity contribution in [3.63, 3.8) is 0 Å². The van der Waals surface area contributed by atoms with Gasteiger partial charge in [-0.25, -0.2) is 12.8 Å². The van der Waals surface area contributed by atoms with Crippen molar-refractivity contribution in [1.29, 1.82) is 0 Å². The summed E-state index contributed by atoms with van der Waals surface area (Å²) in [5.41, 5.74) is 0.658. The van der Waals surface area contributed by atoms with Gasteiger partial charge in [-0.2, -0.15) is 4.31 Å². The molecule has 110 valence electrons. The van der Waals surface area contributed by atoms with Crippen LogP contribution in [0.2, 0.25) is 0 Å². The SMILES string of the molecule is O=S(=O)(c1cc(F)ccc1CNC1CC1)N1CCCC1. The Morgan fingerprint density at radius 2 is 1.95 bits per heavy atom. The Morgan fingerprint density at radius 3 is 2.60 bits per heavy atom. The Balaban J connectivity index is 1.90. The highest BCUT2D eigenvalue weighted by Gasteiger charge is 2.30. The zero-order valence-corrected chi connectivity index (χ0v) is 12.1. The van der Waals surface area contributed by atoms with Gasteiger partial charge in [0.1, 0.15) is 5.82 Å². The molecule has 1 aliphatic heterocycles. The predicted molar refractivity (Wildman–Crippen MR) is 74.3 cm³/mol. The molecule has 3 rings (SSSR count). The van der Waals surface area contributed by atoms with Gasteiger partial charge in [0.2, 0.25) is 10.0 Å². The summed E-state index contributed by atoms with van der Waals surface area (Å²) in [7, 11) is -3.57. The van der Waals surface area contributed by atoms with Crippen molar-refractivity contribution >= 4 is 10.0 Å². The van der Waals surface area contributed by atoms with Crippen molar-refractivity contribution in [2.24, 2.45) is 0 Å². The second kappa shape index (κ2) is 5.42. The number of sulfonamides is 1. The third-order valence-electron chi connectivity index (χ3n) is 3.87. The topological polar surface area (TPSA) is 49.4 Å². The van der Waals surface area contributed by atoms with Crippen molar-refractivity contribution in [3.05, 3.63) is 29.6 Å². The quantitative estimate of drug-likeness (QED) is 0.903. The van der Waals surface area contributed by atoms with Gasteiger partial charge in [0, 0.05) is 25.7 Å². The molecular formula is C14H19FN2O2S. The van der Waals surface area contributed by atoms with Gasteiger partial charge in [-0.15, -0.1) is 0 Å². The van der Waals surface area contributed by atoms with E-state index >= 15 is 0 Å². The summed E-state index contributed by atoms with van der Waals surface area (Å²) < 4.78 is 40.1. The highest BCUT2D eigenvalue weighted by Crippen LogP contribution is 2.26. The van der Waals surface area contributed by atoms with Crippen molar-refractivity contribution < 1.29 is 12.8 Å². The molecule has 0 aromatic heterocycles. The molecule has 0 radical (unpaired) electrons. The van der Waals surface area contributed by atoms with E-state index in [4.69, 9.17) is 0 Å². The summed E-state index contributed by atoms with van der Waals surface area (Å²) >= 11 is 0. The number of nitrogens with zero attached hydrogens (tertiary/aromatic N) is 1. The Kier molecular flexibility index (Phi) is 3.79. The molecule has 0 spiro atoms. The molecule has 4 nitrogen and oxygen atoms in total. The van der Waals surface area contributed by atoms with Crippen LogP contribution >= 0.6 is 0 Å². The lowest BCUT2D eigenvalue weighted by Crippen LogP contribution is -2.29. The highest BCUT2D eigenvalue weighted by molar-refractivity contribution is 7.89. The van der Waals surface area contributed by atoms with E-state index in [0.717, 1.165) is 31.7 Å². The second-order valence-corrected chi connectivity index (χ2v) is 7.42. The molecule has 0 bridgehead atoms. The van der Waals surface area contributed by atoms with Crippen molar-refractivity contribution in [2.75, 3.05) is 13.1 Å². The van der Waals surface area contributed by atoms with Gasteiger partial charge in [-0.3, -0.25) is 0 Å². The molecule has 20 heavy (non-hydrogen) atoms. The fourth-order valence-corrected chi connectivity index (χ4v) is 4.27. The Hall–Kier alpha value is -0.980. The summed E-state index contributed by atoms with van der Waals surface area (Å²) in [6.45, 7) is 1.55. The molecule has 0 amide bonds. The molecule has 2 aliphatic rings. The first-order valence-corrected chi connectivity index (χ1v) is 8.53. The first-order chi connectivity index (χ1) is 9.57. The van der Waals surface area contributed by atoms with E-state index in [2.05, 4.69) is 5.32 Å². The van der Waals surface area contributed by atoms with Gasteiger partial charge >= 0.3 is 0 Å². The summed E-state index contributed by atoms with van der Waals surface area (Å²) in [6, 6.07) is 4.54. The van der Waals surface area contributed by atoms with Crippen LogP contribution in [0.3, 0.4) is 0 Å². The molecule has 1 N–H and O–H groups in total. The average molecular weight is 298 g/mol. The van der Waals surface area contributed by atoms with Crippen LogP contribution in [0.25, 0.3) is 0 Å². The van der Waals surface area contributed by atoms with Crippen LogP contribution in [0.5, 0.6) is 0 Å². The van der Waals surface area contributed by atoms with E-state index in [1.165, 1.54) is 10.4 Å². The van der Waals surface area contributed by atoms with Gasteiger partial charge in [-0.05, 0) is 43.4 Å². The Morgan fingerprint density at radius 1 is 1.25 bits per heavy atom. The number of hydrogen-bond donors (Lipinski definition) is 1. The minimum atomic E-state index is -3.57. The van der Waals surface area contributed by atoms with E-state index in [1.807, 2.05) is 0 Å². The second-order valence-electron chi connectivity index (χ2n) is 5.52. The highest BCUT2D eigenvalue weighted by atomic mass is 32.2. The third kappa shape index (κ3) is 2.87. The van der Waals surface area contributed by atoms with Crippen molar-refractivity contribution in [2.45, 2.75) is 43.2 Å². The van der Waals surface area contributed by atoms with Gasteiger partial charge in [-0.1, -0.05) is 6.07 Å². The summed E-state index contributed by atoms with van der Waals surface area (Å²) in [5, 5.41) is 3.29. The first kappa shape index (κ1) is 14.0. The number of benzene rings is 1. The minimum Gasteiger partial charge on any atom is -0.310 e. The molecule has 1 saturated heterocycles. The van der Waals surface area contributed by atoms with Crippen LogP contribution in [-0.2, 0) is 16.6 Å². The first-order valence-electron chi connectivity index (χ1n) is 7.09. The van der Waals surface area contributed by atoms with Crippen molar-refractivity contribution in [3.8, 4) is 0 Å². The van der Waals surface area contributed by atoms with Crippen LogP contribution in [0.15, 0.2) is 23.1 Å². The van der Waals surface area contributed by atoms with Gasteiger partial charge < -0.3 is 5.32 Å². The largest absolute Gasteiger partial charge is 0.310 e. The number of rotatable bonds is 5. The fourth-order valence-electron chi connectivity index (χ4n) is 2.52. The summed E-state index contributed by atoms with van der Waals surface area (Å²) in [6.07, 6.45) is 4.03. The third-order valence-corrected chi connectivity index (χ3v) is 5.85. The normalized spacial score (nSPS) is 20.4. The Labute approximate surface area is 119 Å². The molecule has 6 heteroatoms. The predicted octanol–water partition coefficient (Wildman–Crippen LogP) is 1.86. The maximum Gasteiger partial charge on any atom is 0.243 e.